The fourth-order valence-electron chi connectivity index (χ4n) is 1.64. The maximum Gasteiger partial charge on any atom is 0.271 e. The van der Waals surface area contributed by atoms with Crippen LogP contribution in [0.15, 0.2) is 18.2 Å². The fourth-order valence-corrected chi connectivity index (χ4v) is 1.64. The number of hydrogen-bond donors (Lipinski definition) is 2. The average Bonchev–Trinajstić information content (AvgIpc) is 2.35. The van der Waals surface area contributed by atoms with Gasteiger partial charge in [-0.2, -0.15) is 0 Å². The van der Waals surface area contributed by atoms with Crippen molar-refractivity contribution in [1.29, 1.82) is 0 Å². The van der Waals surface area contributed by atoms with Crippen molar-refractivity contribution in [3.63, 3.8) is 0 Å². The van der Waals surface area contributed by atoms with E-state index in [0.717, 1.165) is 0 Å². The molecule has 6 nitrogen and oxygen atoms in total. The van der Waals surface area contributed by atoms with Crippen molar-refractivity contribution in [3.8, 4) is 0 Å². The zero-order valence-electron chi connectivity index (χ0n) is 11.6. The Balaban J connectivity index is 2.81. The van der Waals surface area contributed by atoms with E-state index in [-0.39, 0.29) is 11.7 Å². The summed E-state index contributed by atoms with van der Waals surface area (Å²) in [4.78, 5) is 10.2. The van der Waals surface area contributed by atoms with E-state index in [1.54, 1.807) is 6.07 Å². The Morgan fingerprint density at radius 1 is 1.47 bits per heavy atom. The molecule has 0 radical (unpaired) electrons. The number of nitrogens with one attached hydrogen (secondary N) is 1. The minimum Gasteiger partial charge on any atom is -0.397 e. The van der Waals surface area contributed by atoms with Gasteiger partial charge in [-0.3, -0.25) is 10.1 Å². The van der Waals surface area contributed by atoms with Crippen molar-refractivity contribution >= 4 is 17.1 Å². The number of nitro benzene ring substituents is 1. The first kappa shape index (κ1) is 15.2. The summed E-state index contributed by atoms with van der Waals surface area (Å²) in [5.74, 6) is 0.362. The molecule has 0 aliphatic rings. The van der Waals surface area contributed by atoms with Crippen molar-refractivity contribution in [1.82, 2.24) is 0 Å². The van der Waals surface area contributed by atoms with Crippen LogP contribution in [0, 0.1) is 16.0 Å². The molecule has 6 heteroatoms. The molecule has 3 N–H and O–H groups in total. The fraction of sp³-hybridized carbons (Fsp3) is 0.538. The highest BCUT2D eigenvalue weighted by molar-refractivity contribution is 5.69. The molecule has 1 unspecified atom stereocenters. The Hall–Kier alpha value is -1.82. The molecule has 0 spiro atoms. The van der Waals surface area contributed by atoms with Crippen LogP contribution >= 0.6 is 0 Å². The second-order valence-corrected chi connectivity index (χ2v) is 4.68. The van der Waals surface area contributed by atoms with Crippen LogP contribution in [0.1, 0.15) is 20.8 Å². The molecule has 0 fully saturated rings. The molecule has 1 aromatic carbocycles. The summed E-state index contributed by atoms with van der Waals surface area (Å²) < 4.78 is 5.42. The van der Waals surface area contributed by atoms with E-state index in [1.807, 2.05) is 6.92 Å². The van der Waals surface area contributed by atoms with Gasteiger partial charge in [0, 0.05) is 18.7 Å². The number of ether oxygens (including phenoxy) is 1. The summed E-state index contributed by atoms with van der Waals surface area (Å²) in [5.41, 5.74) is 6.89. The van der Waals surface area contributed by atoms with E-state index in [2.05, 4.69) is 19.2 Å². The van der Waals surface area contributed by atoms with E-state index < -0.39 is 4.92 Å². The monoisotopic (exact) mass is 267 g/mol. The number of nitrogens with zero attached hydrogens (tertiary/aromatic N) is 1. The Morgan fingerprint density at radius 3 is 2.63 bits per heavy atom. The molecule has 0 aliphatic heterocycles. The van der Waals surface area contributed by atoms with Gasteiger partial charge in [0.15, 0.2) is 0 Å². The quantitative estimate of drug-likeness (QED) is 0.450. The van der Waals surface area contributed by atoms with Gasteiger partial charge in [-0.1, -0.05) is 13.8 Å². The van der Waals surface area contributed by atoms with E-state index in [4.69, 9.17) is 10.5 Å². The maximum atomic E-state index is 10.6. The van der Waals surface area contributed by atoms with Crippen LogP contribution < -0.4 is 11.1 Å². The van der Waals surface area contributed by atoms with Gasteiger partial charge in [-0.15, -0.1) is 0 Å². The van der Waals surface area contributed by atoms with Crippen LogP contribution in [-0.2, 0) is 4.74 Å². The predicted molar refractivity (Wildman–Crippen MR) is 76.3 cm³/mol. The topological polar surface area (TPSA) is 90.4 Å². The second kappa shape index (κ2) is 6.94. The van der Waals surface area contributed by atoms with Gasteiger partial charge in [0.25, 0.3) is 5.69 Å². The largest absolute Gasteiger partial charge is 0.397 e. The van der Waals surface area contributed by atoms with Crippen LogP contribution in [0.25, 0.3) is 0 Å². The summed E-state index contributed by atoms with van der Waals surface area (Å²) in [6, 6.07) is 4.55. The van der Waals surface area contributed by atoms with Gasteiger partial charge in [0.05, 0.1) is 28.9 Å². The number of anilines is 2. The van der Waals surface area contributed by atoms with Crippen LogP contribution in [0.5, 0.6) is 0 Å². The molecule has 1 rings (SSSR count). The van der Waals surface area contributed by atoms with E-state index in [9.17, 15) is 10.1 Å². The molecule has 0 amide bonds. The molecule has 0 saturated heterocycles. The first-order valence-electron chi connectivity index (χ1n) is 6.33. The third kappa shape index (κ3) is 4.40. The molecule has 0 aliphatic carbocycles. The molecular weight excluding hydrogens is 246 g/mol. The first-order chi connectivity index (χ1) is 8.95. The third-order valence-corrected chi connectivity index (χ3v) is 2.89. The average molecular weight is 267 g/mol. The van der Waals surface area contributed by atoms with Gasteiger partial charge in [0.2, 0.25) is 0 Å². The van der Waals surface area contributed by atoms with Gasteiger partial charge >= 0.3 is 0 Å². The lowest BCUT2D eigenvalue weighted by Crippen LogP contribution is -2.31. The molecule has 1 aromatic rings. The number of nitrogens with two attached hydrogens (primary N) is 1. The summed E-state index contributed by atoms with van der Waals surface area (Å²) >= 11 is 0. The summed E-state index contributed by atoms with van der Waals surface area (Å²) in [6.07, 6.45) is 0. The molecule has 106 valence electrons. The number of nitro groups is 1. The molecule has 19 heavy (non-hydrogen) atoms. The Bertz CT molecular complexity index is 435. The van der Waals surface area contributed by atoms with Gasteiger partial charge in [0.1, 0.15) is 0 Å². The van der Waals surface area contributed by atoms with Crippen molar-refractivity contribution < 1.29 is 9.66 Å². The van der Waals surface area contributed by atoms with Gasteiger partial charge < -0.3 is 15.8 Å². The molecule has 0 heterocycles. The highest BCUT2D eigenvalue weighted by Gasteiger charge is 2.16. The van der Waals surface area contributed by atoms with Gasteiger partial charge in [-0.25, -0.2) is 0 Å². The third-order valence-electron chi connectivity index (χ3n) is 2.89. The predicted octanol–water partition coefficient (Wildman–Crippen LogP) is 2.65. The van der Waals surface area contributed by atoms with E-state index >= 15 is 0 Å². The number of benzene rings is 1. The molecule has 0 bridgehead atoms. The molecule has 0 saturated carbocycles. The number of nitrogen functional groups attached to an aromatic ring is 1. The number of rotatable bonds is 7. The van der Waals surface area contributed by atoms with Gasteiger partial charge in [-0.05, 0) is 18.9 Å². The SMILES string of the molecule is CCOCC(Nc1ccc([N+](=O)[O-])cc1N)C(C)C. The van der Waals surface area contributed by atoms with Crippen molar-refractivity contribution in [2.75, 3.05) is 24.3 Å². The lowest BCUT2D eigenvalue weighted by molar-refractivity contribution is -0.384. The van der Waals surface area contributed by atoms with Crippen molar-refractivity contribution in [3.05, 3.63) is 28.3 Å². The molecule has 1 atom stereocenters. The van der Waals surface area contributed by atoms with E-state index in [0.29, 0.717) is 30.5 Å². The summed E-state index contributed by atoms with van der Waals surface area (Å²) in [5, 5.41) is 13.9. The van der Waals surface area contributed by atoms with Crippen LogP contribution in [0.2, 0.25) is 0 Å². The summed E-state index contributed by atoms with van der Waals surface area (Å²) in [6.45, 7) is 7.33. The highest BCUT2D eigenvalue weighted by atomic mass is 16.6. The van der Waals surface area contributed by atoms with E-state index in [1.165, 1.54) is 12.1 Å². The highest BCUT2D eigenvalue weighted by Crippen LogP contribution is 2.25. The Morgan fingerprint density at radius 2 is 2.16 bits per heavy atom. The maximum absolute atomic E-state index is 10.6. The van der Waals surface area contributed by atoms with Crippen molar-refractivity contribution in [2.24, 2.45) is 5.92 Å². The van der Waals surface area contributed by atoms with Crippen LogP contribution in [-0.4, -0.2) is 24.2 Å². The van der Waals surface area contributed by atoms with Crippen LogP contribution in [0.4, 0.5) is 17.1 Å². The minimum absolute atomic E-state index is 0.00560. The lowest BCUT2D eigenvalue weighted by atomic mass is 10.0. The minimum atomic E-state index is -0.458. The number of hydrogen-bond acceptors (Lipinski definition) is 5. The molecular formula is C13H21N3O3. The second-order valence-electron chi connectivity index (χ2n) is 4.68. The van der Waals surface area contributed by atoms with Crippen LogP contribution in [0.3, 0.4) is 0 Å². The smallest absolute Gasteiger partial charge is 0.271 e. The Kier molecular flexibility index (Phi) is 5.57. The number of non-ortho nitro benzene ring substituents is 1. The Labute approximate surface area is 113 Å². The molecule has 0 aromatic heterocycles. The zero-order valence-corrected chi connectivity index (χ0v) is 11.6. The standard InChI is InChI=1S/C13H21N3O3/c1-4-19-8-13(9(2)3)15-12-6-5-10(16(17)18)7-11(12)14/h5-7,9,13,15H,4,8,14H2,1-3H3. The lowest BCUT2D eigenvalue weighted by Gasteiger charge is -2.24. The van der Waals surface area contributed by atoms with Crippen molar-refractivity contribution in [2.45, 2.75) is 26.8 Å². The zero-order chi connectivity index (χ0) is 14.4. The first-order valence-corrected chi connectivity index (χ1v) is 6.33. The summed E-state index contributed by atoms with van der Waals surface area (Å²) in [7, 11) is 0. The normalized spacial score (nSPS) is 12.4.